The van der Waals surface area contributed by atoms with Gasteiger partial charge in [-0.2, -0.15) is 0 Å². The van der Waals surface area contributed by atoms with Crippen molar-refractivity contribution in [1.29, 1.82) is 0 Å². The number of morpholine rings is 1. The molecule has 21 heavy (non-hydrogen) atoms. The minimum Gasteiger partial charge on any atom is -0.389 e. The quantitative estimate of drug-likeness (QED) is 0.816. The fourth-order valence-corrected chi connectivity index (χ4v) is 3.68. The summed E-state index contributed by atoms with van der Waals surface area (Å²) < 4.78 is 11.5. The number of hydrogen-bond acceptors (Lipinski definition) is 4. The molecule has 124 valence electrons. The Balaban J connectivity index is 1.73. The number of β-amino-alcohol motifs (C(OH)–C–C–N with tert-alkyl or cyclic N) is 1. The molecule has 0 aromatic carbocycles. The molecule has 1 saturated carbocycles. The maximum Gasteiger partial charge on any atom is 0.0900 e. The molecule has 4 atom stereocenters. The second-order valence-electron chi connectivity index (χ2n) is 7.26. The highest BCUT2D eigenvalue weighted by Crippen LogP contribution is 2.35. The number of nitrogens with zero attached hydrogens (tertiary/aromatic N) is 1. The molecule has 4 heteroatoms. The number of aliphatic hydroxyl groups is 1. The predicted octanol–water partition coefficient (Wildman–Crippen LogP) is 2.16. The first-order chi connectivity index (χ1) is 10.1. The highest BCUT2D eigenvalue weighted by Gasteiger charge is 2.31. The molecule has 0 spiro atoms. The number of ether oxygens (including phenoxy) is 2. The van der Waals surface area contributed by atoms with Gasteiger partial charge < -0.3 is 14.6 Å². The summed E-state index contributed by atoms with van der Waals surface area (Å²) in [4.78, 5) is 2.26. The van der Waals surface area contributed by atoms with Crippen molar-refractivity contribution < 1.29 is 14.6 Å². The second-order valence-corrected chi connectivity index (χ2v) is 7.26. The minimum absolute atomic E-state index is 0.327. The third kappa shape index (κ3) is 5.51. The monoisotopic (exact) mass is 299 g/mol. The lowest BCUT2D eigenvalue weighted by atomic mass is 9.75. The maximum atomic E-state index is 10.2. The molecule has 2 fully saturated rings. The minimum atomic E-state index is -0.381. The third-order valence-corrected chi connectivity index (χ3v) is 5.04. The first kappa shape index (κ1) is 17.2. The number of rotatable bonds is 6. The van der Waals surface area contributed by atoms with Crippen molar-refractivity contribution in [2.24, 2.45) is 17.8 Å². The summed E-state index contributed by atoms with van der Waals surface area (Å²) in [5.41, 5.74) is 0. The molecular formula is C17H33NO3. The average molecular weight is 299 g/mol. The second kappa shape index (κ2) is 8.47. The molecule has 0 radical (unpaired) electrons. The van der Waals surface area contributed by atoms with E-state index in [1.165, 1.54) is 12.8 Å². The van der Waals surface area contributed by atoms with Crippen molar-refractivity contribution in [2.75, 3.05) is 39.5 Å². The number of aliphatic hydroxyl groups excluding tert-OH is 1. The molecule has 0 aromatic heterocycles. The van der Waals surface area contributed by atoms with Gasteiger partial charge in [0.05, 0.1) is 32.0 Å². The largest absolute Gasteiger partial charge is 0.389 e. The molecule has 2 aliphatic rings. The van der Waals surface area contributed by atoms with Gasteiger partial charge in [0.2, 0.25) is 0 Å². The Kier molecular flexibility index (Phi) is 6.93. The molecular weight excluding hydrogens is 266 g/mol. The lowest BCUT2D eigenvalue weighted by Crippen LogP contribution is -2.43. The topological polar surface area (TPSA) is 41.9 Å². The molecule has 1 saturated heterocycles. The molecule has 4 nitrogen and oxygen atoms in total. The van der Waals surface area contributed by atoms with Gasteiger partial charge >= 0.3 is 0 Å². The Morgan fingerprint density at radius 1 is 1.24 bits per heavy atom. The van der Waals surface area contributed by atoms with Gasteiger partial charge in [0.15, 0.2) is 0 Å². The van der Waals surface area contributed by atoms with Crippen LogP contribution in [-0.2, 0) is 9.47 Å². The van der Waals surface area contributed by atoms with E-state index < -0.39 is 0 Å². The van der Waals surface area contributed by atoms with Crippen molar-refractivity contribution >= 4 is 0 Å². The van der Waals surface area contributed by atoms with Crippen LogP contribution < -0.4 is 0 Å². The van der Waals surface area contributed by atoms with Crippen LogP contribution in [0.2, 0.25) is 0 Å². The molecule has 1 N–H and O–H groups in total. The summed E-state index contributed by atoms with van der Waals surface area (Å²) in [6.07, 6.45) is 3.68. The van der Waals surface area contributed by atoms with Crippen LogP contribution in [0.15, 0.2) is 0 Å². The van der Waals surface area contributed by atoms with Gasteiger partial charge in [0.25, 0.3) is 0 Å². The van der Waals surface area contributed by atoms with E-state index in [1.807, 2.05) is 0 Å². The van der Waals surface area contributed by atoms with Gasteiger partial charge in [0.1, 0.15) is 0 Å². The molecule has 0 aromatic rings. The highest BCUT2D eigenvalue weighted by molar-refractivity contribution is 4.81. The van der Waals surface area contributed by atoms with Crippen molar-refractivity contribution in [2.45, 2.75) is 52.2 Å². The Bertz CT molecular complexity index is 292. The third-order valence-electron chi connectivity index (χ3n) is 5.04. The normalized spacial score (nSPS) is 33.3. The Morgan fingerprint density at radius 3 is 2.62 bits per heavy atom. The van der Waals surface area contributed by atoms with Crippen molar-refractivity contribution in [1.82, 2.24) is 4.90 Å². The zero-order valence-corrected chi connectivity index (χ0v) is 14.0. The van der Waals surface area contributed by atoms with Crippen LogP contribution in [0.1, 0.15) is 40.0 Å². The van der Waals surface area contributed by atoms with Crippen LogP contribution in [0.4, 0.5) is 0 Å². The van der Waals surface area contributed by atoms with E-state index in [-0.39, 0.29) is 6.10 Å². The predicted molar refractivity (Wildman–Crippen MR) is 84.3 cm³/mol. The van der Waals surface area contributed by atoms with Crippen LogP contribution >= 0.6 is 0 Å². The highest BCUT2D eigenvalue weighted by atomic mass is 16.5. The SMILES string of the molecule is CC(C)[C@H]1CC[C@@H](C)C[C@@H]1OC[C@H](O)CN1CCOCC1. The lowest BCUT2D eigenvalue weighted by Gasteiger charge is -2.38. The van der Waals surface area contributed by atoms with Gasteiger partial charge in [-0.15, -0.1) is 0 Å². The van der Waals surface area contributed by atoms with E-state index in [1.54, 1.807) is 0 Å². The van der Waals surface area contributed by atoms with Crippen LogP contribution in [0, 0.1) is 17.8 Å². The Labute approximate surface area is 129 Å². The number of hydrogen-bond donors (Lipinski definition) is 1. The van der Waals surface area contributed by atoms with Gasteiger partial charge in [-0.05, 0) is 30.6 Å². The Morgan fingerprint density at radius 2 is 1.95 bits per heavy atom. The molecule has 1 aliphatic carbocycles. The Hall–Kier alpha value is -0.160. The summed E-state index contributed by atoms with van der Waals surface area (Å²) in [5.74, 6) is 2.07. The fraction of sp³-hybridized carbons (Fsp3) is 1.00. The van der Waals surface area contributed by atoms with Gasteiger partial charge in [-0.1, -0.05) is 27.2 Å². The molecule has 0 amide bonds. The zero-order valence-electron chi connectivity index (χ0n) is 14.0. The van der Waals surface area contributed by atoms with Crippen molar-refractivity contribution in [3.8, 4) is 0 Å². The first-order valence-corrected chi connectivity index (χ1v) is 8.66. The summed E-state index contributed by atoms with van der Waals surface area (Å²) >= 11 is 0. The van der Waals surface area contributed by atoms with E-state index in [0.29, 0.717) is 31.1 Å². The molecule has 0 bridgehead atoms. The smallest absolute Gasteiger partial charge is 0.0900 e. The van der Waals surface area contributed by atoms with Gasteiger partial charge in [0, 0.05) is 19.6 Å². The van der Waals surface area contributed by atoms with Crippen molar-refractivity contribution in [3.05, 3.63) is 0 Å². The molecule has 2 rings (SSSR count). The first-order valence-electron chi connectivity index (χ1n) is 8.66. The summed E-state index contributed by atoms with van der Waals surface area (Å²) in [6, 6.07) is 0. The van der Waals surface area contributed by atoms with E-state index in [2.05, 4.69) is 25.7 Å². The van der Waals surface area contributed by atoms with Crippen molar-refractivity contribution in [3.63, 3.8) is 0 Å². The van der Waals surface area contributed by atoms with E-state index in [9.17, 15) is 5.11 Å². The fourth-order valence-electron chi connectivity index (χ4n) is 3.68. The van der Waals surface area contributed by atoms with Crippen LogP contribution in [-0.4, -0.2) is 61.7 Å². The van der Waals surface area contributed by atoms with E-state index >= 15 is 0 Å². The lowest BCUT2D eigenvalue weighted by molar-refractivity contribution is -0.0782. The average Bonchev–Trinajstić information content (AvgIpc) is 2.46. The standard InChI is InChI=1S/C17H33NO3/c1-13(2)16-5-4-14(3)10-17(16)21-12-15(19)11-18-6-8-20-9-7-18/h13-17,19H,4-12H2,1-3H3/t14-,15-,16-,17+/m1/s1. The molecule has 1 heterocycles. The summed E-state index contributed by atoms with van der Waals surface area (Å²) in [7, 11) is 0. The van der Waals surface area contributed by atoms with E-state index in [4.69, 9.17) is 9.47 Å². The molecule has 1 aliphatic heterocycles. The van der Waals surface area contributed by atoms with E-state index in [0.717, 1.165) is 38.6 Å². The van der Waals surface area contributed by atoms with Crippen LogP contribution in [0.25, 0.3) is 0 Å². The van der Waals surface area contributed by atoms with Gasteiger partial charge in [-0.25, -0.2) is 0 Å². The molecule has 0 unspecified atom stereocenters. The summed E-state index contributed by atoms with van der Waals surface area (Å²) in [6.45, 7) is 11.5. The maximum absolute atomic E-state index is 10.2. The van der Waals surface area contributed by atoms with Crippen LogP contribution in [0.5, 0.6) is 0 Å². The summed E-state index contributed by atoms with van der Waals surface area (Å²) in [5, 5.41) is 10.2. The zero-order chi connectivity index (χ0) is 15.2. The van der Waals surface area contributed by atoms with Crippen LogP contribution in [0.3, 0.4) is 0 Å². The van der Waals surface area contributed by atoms with Gasteiger partial charge in [-0.3, -0.25) is 4.90 Å².